The molecule has 1 amide bonds. The summed E-state index contributed by atoms with van der Waals surface area (Å²) < 4.78 is 5.26. The van der Waals surface area contributed by atoms with E-state index in [0.29, 0.717) is 18.1 Å². The van der Waals surface area contributed by atoms with Gasteiger partial charge in [-0.15, -0.1) is 0 Å². The van der Waals surface area contributed by atoms with Gasteiger partial charge in [0.2, 0.25) is 5.91 Å². The molecule has 102 valence electrons. The molecule has 1 aliphatic rings. The van der Waals surface area contributed by atoms with E-state index >= 15 is 0 Å². The molecular weight excluding hydrogens is 246 g/mol. The maximum Gasteiger partial charge on any atom is 0.224 e. The molecule has 0 heterocycles. The van der Waals surface area contributed by atoms with Crippen LogP contribution in [0.25, 0.3) is 0 Å². The number of anilines is 1. The summed E-state index contributed by atoms with van der Waals surface area (Å²) in [5.41, 5.74) is 6.02. The number of carbonyl (C=O) groups excluding carboxylic acids is 1. The number of carbonyl (C=O) groups is 1. The molecule has 0 aromatic heterocycles. The lowest BCUT2D eigenvalue weighted by molar-refractivity contribution is -0.116. The van der Waals surface area contributed by atoms with Crippen molar-refractivity contribution in [3.05, 3.63) is 24.3 Å². The third-order valence-corrected chi connectivity index (χ3v) is 2.82. The predicted molar refractivity (Wildman–Crippen MR) is 71.3 cm³/mol. The van der Waals surface area contributed by atoms with Gasteiger partial charge in [0.15, 0.2) is 5.84 Å². The molecule has 1 aromatic rings. The second-order valence-corrected chi connectivity index (χ2v) is 4.60. The normalized spacial score (nSPS) is 15.1. The number of nitrogens with two attached hydrogens (primary N) is 1. The highest BCUT2D eigenvalue weighted by Crippen LogP contribution is 2.32. The Bertz CT molecular complexity index is 467. The van der Waals surface area contributed by atoms with Gasteiger partial charge in [0.05, 0.1) is 0 Å². The van der Waals surface area contributed by atoms with Crippen LogP contribution in [0.15, 0.2) is 29.4 Å². The number of nitrogens with one attached hydrogen (secondary N) is 1. The lowest BCUT2D eigenvalue weighted by atomic mass is 10.2. The summed E-state index contributed by atoms with van der Waals surface area (Å²) in [7, 11) is 0. The van der Waals surface area contributed by atoms with Gasteiger partial charge in [-0.1, -0.05) is 5.16 Å². The second-order valence-electron chi connectivity index (χ2n) is 4.60. The van der Waals surface area contributed by atoms with E-state index in [9.17, 15) is 4.79 Å². The van der Waals surface area contributed by atoms with Crippen molar-refractivity contribution in [2.24, 2.45) is 16.8 Å². The zero-order valence-electron chi connectivity index (χ0n) is 10.5. The minimum absolute atomic E-state index is 0.00168. The van der Waals surface area contributed by atoms with E-state index in [1.807, 2.05) is 0 Å². The second kappa shape index (κ2) is 6.08. The van der Waals surface area contributed by atoms with Crippen molar-refractivity contribution in [2.45, 2.75) is 19.3 Å². The standard InChI is InChI=1S/C13H17N3O3/c14-12(16-18)8-19-11-5-3-10(4-6-11)15-13(17)7-9-1-2-9/h3-6,9,18H,1-2,7-8H2,(H2,14,16)(H,15,17). The van der Waals surface area contributed by atoms with Crippen LogP contribution in [-0.4, -0.2) is 23.6 Å². The first kappa shape index (κ1) is 13.2. The number of ether oxygens (including phenoxy) is 1. The summed E-state index contributed by atoms with van der Waals surface area (Å²) in [5, 5.41) is 14.0. The Morgan fingerprint density at radius 2 is 2.11 bits per heavy atom. The van der Waals surface area contributed by atoms with Gasteiger partial charge in [0.1, 0.15) is 12.4 Å². The minimum Gasteiger partial charge on any atom is -0.486 e. The molecule has 6 nitrogen and oxygen atoms in total. The Labute approximate surface area is 111 Å². The summed E-state index contributed by atoms with van der Waals surface area (Å²) in [6.45, 7) is 0.0177. The Morgan fingerprint density at radius 3 is 2.68 bits per heavy atom. The number of hydrogen-bond acceptors (Lipinski definition) is 4. The van der Waals surface area contributed by atoms with Crippen LogP contribution in [0.1, 0.15) is 19.3 Å². The summed E-state index contributed by atoms with van der Waals surface area (Å²) in [5.74, 6) is 1.21. The van der Waals surface area contributed by atoms with Gasteiger partial charge in [-0.3, -0.25) is 4.79 Å². The first-order valence-corrected chi connectivity index (χ1v) is 6.16. The van der Waals surface area contributed by atoms with Crippen LogP contribution in [0.2, 0.25) is 0 Å². The lowest BCUT2D eigenvalue weighted by Gasteiger charge is -2.07. The van der Waals surface area contributed by atoms with Crippen molar-refractivity contribution in [3.63, 3.8) is 0 Å². The SMILES string of the molecule is NC(COc1ccc(NC(=O)CC2CC2)cc1)=NO. The number of benzene rings is 1. The first-order chi connectivity index (χ1) is 9.17. The first-order valence-electron chi connectivity index (χ1n) is 6.16. The number of nitrogens with zero attached hydrogens (tertiary/aromatic N) is 1. The summed E-state index contributed by atoms with van der Waals surface area (Å²) in [6, 6.07) is 6.95. The fourth-order valence-corrected chi connectivity index (χ4v) is 1.62. The number of rotatable bonds is 6. The van der Waals surface area contributed by atoms with E-state index < -0.39 is 0 Å². The van der Waals surface area contributed by atoms with Crippen LogP contribution in [0, 0.1) is 5.92 Å². The van der Waals surface area contributed by atoms with Gasteiger partial charge in [-0.05, 0) is 43.0 Å². The molecule has 0 unspecified atom stereocenters. The van der Waals surface area contributed by atoms with Crippen LogP contribution in [0.3, 0.4) is 0 Å². The molecule has 1 aliphatic carbocycles. The van der Waals surface area contributed by atoms with E-state index in [-0.39, 0.29) is 18.3 Å². The maximum absolute atomic E-state index is 11.6. The fourth-order valence-electron chi connectivity index (χ4n) is 1.62. The Hall–Kier alpha value is -2.24. The van der Waals surface area contributed by atoms with Gasteiger partial charge < -0.3 is 21.0 Å². The predicted octanol–water partition coefficient (Wildman–Crippen LogP) is 1.55. The molecular formula is C13H17N3O3. The molecule has 0 atom stereocenters. The van der Waals surface area contributed by atoms with E-state index in [2.05, 4.69) is 10.5 Å². The van der Waals surface area contributed by atoms with Crippen LogP contribution in [-0.2, 0) is 4.79 Å². The van der Waals surface area contributed by atoms with Gasteiger partial charge >= 0.3 is 0 Å². The van der Waals surface area contributed by atoms with Crippen LogP contribution in [0.4, 0.5) is 5.69 Å². The molecule has 2 rings (SSSR count). The fraction of sp³-hybridized carbons (Fsp3) is 0.385. The average molecular weight is 263 g/mol. The van der Waals surface area contributed by atoms with Gasteiger partial charge in [0, 0.05) is 12.1 Å². The van der Waals surface area contributed by atoms with Gasteiger partial charge in [-0.2, -0.15) is 0 Å². The van der Waals surface area contributed by atoms with E-state index in [0.717, 1.165) is 18.5 Å². The highest BCUT2D eigenvalue weighted by Gasteiger charge is 2.24. The van der Waals surface area contributed by atoms with Crippen molar-refractivity contribution in [1.29, 1.82) is 0 Å². The average Bonchev–Trinajstić information content (AvgIpc) is 3.21. The minimum atomic E-state index is 0.00168. The third-order valence-electron chi connectivity index (χ3n) is 2.82. The number of hydrogen-bond donors (Lipinski definition) is 3. The van der Waals surface area contributed by atoms with Gasteiger partial charge in [-0.25, -0.2) is 0 Å². The Balaban J connectivity index is 1.81. The topological polar surface area (TPSA) is 96.9 Å². The molecule has 1 fully saturated rings. The highest BCUT2D eigenvalue weighted by atomic mass is 16.5. The highest BCUT2D eigenvalue weighted by molar-refractivity contribution is 5.91. The monoisotopic (exact) mass is 263 g/mol. The third kappa shape index (κ3) is 4.50. The van der Waals surface area contributed by atoms with Crippen LogP contribution < -0.4 is 15.8 Å². The molecule has 0 radical (unpaired) electrons. The smallest absolute Gasteiger partial charge is 0.224 e. The van der Waals surface area contributed by atoms with Crippen molar-refractivity contribution < 1.29 is 14.7 Å². The van der Waals surface area contributed by atoms with Crippen molar-refractivity contribution in [1.82, 2.24) is 0 Å². The van der Waals surface area contributed by atoms with E-state index in [4.69, 9.17) is 15.7 Å². The Kier molecular flexibility index (Phi) is 4.22. The molecule has 0 saturated heterocycles. The lowest BCUT2D eigenvalue weighted by Crippen LogP contribution is -2.20. The van der Waals surface area contributed by atoms with Gasteiger partial charge in [0.25, 0.3) is 0 Å². The molecule has 19 heavy (non-hydrogen) atoms. The maximum atomic E-state index is 11.6. The van der Waals surface area contributed by atoms with E-state index in [1.165, 1.54) is 0 Å². The number of oxime groups is 1. The Morgan fingerprint density at radius 1 is 1.42 bits per heavy atom. The summed E-state index contributed by atoms with van der Waals surface area (Å²) >= 11 is 0. The van der Waals surface area contributed by atoms with Crippen LogP contribution in [0.5, 0.6) is 5.75 Å². The van der Waals surface area contributed by atoms with Crippen molar-refractivity contribution in [3.8, 4) is 5.75 Å². The molecule has 0 spiro atoms. The molecule has 4 N–H and O–H groups in total. The number of amidine groups is 1. The molecule has 6 heteroatoms. The molecule has 1 aromatic carbocycles. The molecule has 0 bridgehead atoms. The van der Waals surface area contributed by atoms with E-state index in [1.54, 1.807) is 24.3 Å². The zero-order chi connectivity index (χ0) is 13.7. The summed E-state index contributed by atoms with van der Waals surface area (Å²) in [4.78, 5) is 11.6. The van der Waals surface area contributed by atoms with Crippen LogP contribution >= 0.6 is 0 Å². The largest absolute Gasteiger partial charge is 0.486 e. The molecule has 1 saturated carbocycles. The summed E-state index contributed by atoms with van der Waals surface area (Å²) in [6.07, 6.45) is 2.92. The number of amides is 1. The quantitative estimate of drug-likeness (QED) is 0.314. The zero-order valence-corrected chi connectivity index (χ0v) is 10.5. The van der Waals surface area contributed by atoms with Crippen molar-refractivity contribution >= 4 is 17.4 Å². The van der Waals surface area contributed by atoms with Crippen molar-refractivity contribution in [2.75, 3.05) is 11.9 Å². The molecule has 0 aliphatic heterocycles.